The van der Waals surface area contributed by atoms with Gasteiger partial charge in [-0.15, -0.1) is 0 Å². The number of aromatic nitrogens is 1. The van der Waals surface area contributed by atoms with Crippen LogP contribution in [0.5, 0.6) is 11.5 Å². The molecule has 9 nitrogen and oxygen atoms in total. The third kappa shape index (κ3) is 4.31. The van der Waals surface area contributed by atoms with Crippen LogP contribution in [-0.2, 0) is 10.9 Å². The van der Waals surface area contributed by atoms with E-state index in [9.17, 15) is 33.3 Å². The maximum atomic E-state index is 13.0. The van der Waals surface area contributed by atoms with Crippen molar-refractivity contribution in [1.29, 1.82) is 5.26 Å². The quantitative estimate of drug-likeness (QED) is 0.348. The Labute approximate surface area is 178 Å². The molecule has 0 aliphatic carbocycles. The molecule has 3 aromatic rings. The molecule has 0 aliphatic heterocycles. The minimum Gasteiger partial charge on any atom is -0.464 e. The molecular weight excluding hydrogens is 433 g/mol. The lowest BCUT2D eigenvalue weighted by Crippen LogP contribution is -2.11. The number of hydrogen-bond donors (Lipinski definition) is 1. The first-order valence-corrected chi connectivity index (χ1v) is 8.69. The topological polar surface area (TPSA) is 133 Å². The molecule has 2 aromatic carbocycles. The Morgan fingerprint density at radius 2 is 1.94 bits per heavy atom. The maximum Gasteiger partial charge on any atom is 0.416 e. The number of carbonyl (C=O) groups excluding carboxylic acids is 1. The molecule has 164 valence electrons. The number of nitrogen functional groups attached to an aromatic ring is 1. The van der Waals surface area contributed by atoms with Crippen molar-refractivity contribution in [2.75, 3.05) is 12.8 Å². The van der Waals surface area contributed by atoms with Gasteiger partial charge in [-0.3, -0.25) is 10.1 Å². The molecule has 3 rings (SSSR count). The highest BCUT2D eigenvalue weighted by molar-refractivity contribution is 5.96. The fraction of sp³-hybridized carbons (Fsp3) is 0.100. The molecule has 0 saturated carbocycles. The fourth-order valence-electron chi connectivity index (χ4n) is 2.86. The van der Waals surface area contributed by atoms with Crippen molar-refractivity contribution in [2.24, 2.45) is 0 Å². The van der Waals surface area contributed by atoms with Gasteiger partial charge in [-0.1, -0.05) is 6.07 Å². The minimum atomic E-state index is -4.61. The summed E-state index contributed by atoms with van der Waals surface area (Å²) < 4.78 is 50.1. The average Bonchev–Trinajstić information content (AvgIpc) is 3.08. The van der Waals surface area contributed by atoms with Crippen LogP contribution in [0.1, 0.15) is 21.6 Å². The minimum absolute atomic E-state index is 0.00484. The molecule has 0 radical (unpaired) electrons. The van der Waals surface area contributed by atoms with Crippen LogP contribution < -0.4 is 10.5 Å². The average molecular weight is 446 g/mol. The number of nitro benzene ring substituents is 1. The van der Waals surface area contributed by atoms with E-state index >= 15 is 0 Å². The van der Waals surface area contributed by atoms with Gasteiger partial charge < -0.3 is 19.8 Å². The predicted octanol–water partition coefficient (Wildman–Crippen LogP) is 4.44. The number of methoxy groups -OCH3 is 1. The van der Waals surface area contributed by atoms with Gasteiger partial charge in [0.2, 0.25) is 0 Å². The zero-order chi connectivity index (χ0) is 23.6. The monoisotopic (exact) mass is 446 g/mol. The maximum absolute atomic E-state index is 13.0. The van der Waals surface area contributed by atoms with Gasteiger partial charge in [0.15, 0.2) is 5.69 Å². The summed E-state index contributed by atoms with van der Waals surface area (Å²) >= 11 is 0. The summed E-state index contributed by atoms with van der Waals surface area (Å²) in [6, 6.07) is 9.05. The standard InChI is InChI=1S/C20H13F3N4O5/c1-31-19(28)18-17(25)11(9-24)10-26(18)13-6-14(27(29)30)8-16(7-13)32-15-4-2-3-12(5-15)20(21,22)23/h2-8,10H,25H2,1H3. The number of ether oxygens (including phenoxy) is 2. The Morgan fingerprint density at radius 3 is 2.53 bits per heavy atom. The van der Waals surface area contributed by atoms with Gasteiger partial charge >= 0.3 is 12.1 Å². The van der Waals surface area contributed by atoms with Crippen LogP contribution in [0, 0.1) is 21.4 Å². The molecule has 1 heterocycles. The number of nitrogens with zero attached hydrogens (tertiary/aromatic N) is 3. The number of esters is 1. The number of benzene rings is 2. The second-order valence-electron chi connectivity index (χ2n) is 6.35. The molecule has 0 spiro atoms. The van der Waals surface area contributed by atoms with Crippen LogP contribution in [0.2, 0.25) is 0 Å². The van der Waals surface area contributed by atoms with E-state index in [1.807, 2.05) is 0 Å². The first kappa shape index (κ1) is 22.2. The normalized spacial score (nSPS) is 11.0. The van der Waals surface area contributed by atoms with E-state index < -0.39 is 28.3 Å². The Bertz CT molecular complexity index is 1260. The number of alkyl halides is 3. The zero-order valence-electron chi connectivity index (χ0n) is 16.2. The Morgan fingerprint density at radius 1 is 1.22 bits per heavy atom. The van der Waals surface area contributed by atoms with Gasteiger partial charge in [-0.2, -0.15) is 18.4 Å². The van der Waals surface area contributed by atoms with Gasteiger partial charge in [0.1, 0.15) is 17.6 Å². The number of halogens is 3. The predicted molar refractivity (Wildman–Crippen MR) is 104 cm³/mol. The Kier molecular flexibility index (Phi) is 5.75. The van der Waals surface area contributed by atoms with Crippen molar-refractivity contribution in [3.63, 3.8) is 0 Å². The SMILES string of the molecule is COC(=O)c1c(N)c(C#N)cn1-c1cc(Oc2cccc(C(F)(F)F)c2)cc([N+](=O)[O-])c1. The third-order valence-electron chi connectivity index (χ3n) is 4.31. The molecule has 0 fully saturated rings. The van der Waals surface area contributed by atoms with E-state index in [0.29, 0.717) is 0 Å². The molecule has 0 atom stereocenters. The summed E-state index contributed by atoms with van der Waals surface area (Å²) in [6.07, 6.45) is -3.44. The van der Waals surface area contributed by atoms with Crippen molar-refractivity contribution in [1.82, 2.24) is 4.57 Å². The van der Waals surface area contributed by atoms with Crippen molar-refractivity contribution in [3.8, 4) is 23.3 Å². The summed E-state index contributed by atoms with van der Waals surface area (Å²) in [5.74, 6) is -1.31. The van der Waals surface area contributed by atoms with Crippen LogP contribution in [0.3, 0.4) is 0 Å². The van der Waals surface area contributed by atoms with E-state index in [4.69, 9.17) is 10.5 Å². The van der Waals surface area contributed by atoms with Crippen LogP contribution in [-0.4, -0.2) is 22.6 Å². The van der Waals surface area contributed by atoms with Gasteiger partial charge in [0.25, 0.3) is 5.69 Å². The smallest absolute Gasteiger partial charge is 0.416 e. The van der Waals surface area contributed by atoms with Crippen LogP contribution in [0.25, 0.3) is 5.69 Å². The van der Waals surface area contributed by atoms with Crippen molar-refractivity contribution in [2.45, 2.75) is 6.18 Å². The first-order valence-electron chi connectivity index (χ1n) is 8.69. The molecule has 0 aliphatic rings. The number of hydrogen-bond acceptors (Lipinski definition) is 7. The molecule has 0 saturated heterocycles. The molecule has 32 heavy (non-hydrogen) atoms. The number of nitriles is 1. The third-order valence-corrected chi connectivity index (χ3v) is 4.31. The van der Waals surface area contributed by atoms with E-state index in [1.165, 1.54) is 18.3 Å². The molecule has 0 amide bonds. The summed E-state index contributed by atoms with van der Waals surface area (Å²) in [6.45, 7) is 0. The van der Waals surface area contributed by atoms with E-state index in [0.717, 1.165) is 42.0 Å². The number of nitrogens with two attached hydrogens (primary N) is 1. The fourth-order valence-corrected chi connectivity index (χ4v) is 2.86. The summed E-state index contributed by atoms with van der Waals surface area (Å²) in [7, 11) is 1.08. The lowest BCUT2D eigenvalue weighted by molar-refractivity contribution is -0.384. The zero-order valence-corrected chi connectivity index (χ0v) is 16.2. The molecular formula is C20H13F3N4O5. The van der Waals surface area contributed by atoms with Gasteiger partial charge in [0, 0.05) is 18.3 Å². The summed E-state index contributed by atoms with van der Waals surface area (Å²) in [4.78, 5) is 22.8. The summed E-state index contributed by atoms with van der Waals surface area (Å²) in [5.41, 5.74) is 3.83. The van der Waals surface area contributed by atoms with Crippen LogP contribution in [0.4, 0.5) is 24.5 Å². The van der Waals surface area contributed by atoms with E-state index in [1.54, 1.807) is 6.07 Å². The molecule has 2 N–H and O–H groups in total. The van der Waals surface area contributed by atoms with Gasteiger partial charge in [0.05, 0.1) is 40.6 Å². The van der Waals surface area contributed by atoms with Crippen LogP contribution >= 0.6 is 0 Å². The van der Waals surface area contributed by atoms with Crippen molar-refractivity contribution >= 4 is 17.3 Å². The second-order valence-corrected chi connectivity index (χ2v) is 6.35. The lowest BCUT2D eigenvalue weighted by Gasteiger charge is -2.12. The number of carbonyl (C=O) groups is 1. The van der Waals surface area contributed by atoms with Gasteiger partial charge in [-0.25, -0.2) is 4.79 Å². The molecule has 0 unspecified atom stereocenters. The first-order chi connectivity index (χ1) is 15.0. The highest BCUT2D eigenvalue weighted by Crippen LogP contribution is 2.35. The molecule has 12 heteroatoms. The molecule has 1 aromatic heterocycles. The highest BCUT2D eigenvalue weighted by Gasteiger charge is 2.30. The van der Waals surface area contributed by atoms with E-state index in [2.05, 4.69) is 4.74 Å². The number of non-ortho nitro benzene ring substituents is 1. The number of nitro groups is 1. The molecule has 0 bridgehead atoms. The largest absolute Gasteiger partial charge is 0.464 e. The Hall–Kier alpha value is -4.53. The number of rotatable bonds is 5. The Balaban J connectivity index is 2.15. The lowest BCUT2D eigenvalue weighted by atomic mass is 10.2. The van der Waals surface area contributed by atoms with Crippen LogP contribution in [0.15, 0.2) is 48.7 Å². The van der Waals surface area contributed by atoms with E-state index in [-0.39, 0.29) is 34.1 Å². The van der Waals surface area contributed by atoms with Crippen molar-refractivity contribution in [3.05, 3.63) is 75.6 Å². The highest BCUT2D eigenvalue weighted by atomic mass is 19.4. The van der Waals surface area contributed by atoms with Crippen molar-refractivity contribution < 1.29 is 32.4 Å². The number of anilines is 1. The van der Waals surface area contributed by atoms with Gasteiger partial charge in [-0.05, 0) is 18.2 Å². The second kappa shape index (κ2) is 8.31. The summed E-state index contributed by atoms with van der Waals surface area (Å²) in [5, 5.41) is 20.6.